The third-order valence-electron chi connectivity index (χ3n) is 4.37. The molecule has 2 rings (SSSR count). The molecule has 0 amide bonds. The van der Waals surface area contributed by atoms with E-state index in [4.69, 9.17) is 0 Å². The standard InChI is InChI=1S/C20H29F3N4O.HI/c1-24-19(25-10-6-16-28-17-20(21,22)23)27-14-12-26(13-15-27)11-5-9-18-7-3-2-4-8-18;/h2-5,7-9H,6,10-17H2,1H3,(H,24,25);1H/b9-5+;. The van der Waals surface area contributed by atoms with Crippen molar-refractivity contribution in [3.63, 3.8) is 0 Å². The summed E-state index contributed by atoms with van der Waals surface area (Å²) < 4.78 is 40.6. The van der Waals surface area contributed by atoms with Crippen molar-refractivity contribution in [1.29, 1.82) is 0 Å². The summed E-state index contributed by atoms with van der Waals surface area (Å²) in [4.78, 5) is 8.83. The van der Waals surface area contributed by atoms with Crippen molar-refractivity contribution in [3.8, 4) is 0 Å². The second kappa shape index (κ2) is 13.8. The van der Waals surface area contributed by atoms with Gasteiger partial charge in [-0.05, 0) is 12.0 Å². The van der Waals surface area contributed by atoms with Crippen molar-refractivity contribution in [1.82, 2.24) is 15.1 Å². The molecule has 1 aromatic rings. The highest BCUT2D eigenvalue weighted by Gasteiger charge is 2.27. The molecule has 0 saturated carbocycles. The molecule has 0 radical (unpaired) electrons. The van der Waals surface area contributed by atoms with Crippen LogP contribution in [-0.2, 0) is 4.74 Å². The summed E-state index contributed by atoms with van der Waals surface area (Å²) in [7, 11) is 1.72. The summed E-state index contributed by atoms with van der Waals surface area (Å²) in [5.41, 5.74) is 1.20. The minimum absolute atomic E-state index is 0. The van der Waals surface area contributed by atoms with Crippen LogP contribution in [0.4, 0.5) is 13.2 Å². The molecular formula is C20H30F3IN4O. The molecule has 164 valence electrons. The molecule has 0 unspecified atom stereocenters. The number of halogens is 4. The second-order valence-corrected chi connectivity index (χ2v) is 6.60. The molecule has 1 aliphatic heterocycles. The van der Waals surface area contributed by atoms with E-state index >= 15 is 0 Å². The number of ether oxygens (including phenoxy) is 1. The Hall–Kier alpha value is -1.33. The van der Waals surface area contributed by atoms with Crippen LogP contribution >= 0.6 is 24.0 Å². The molecule has 29 heavy (non-hydrogen) atoms. The van der Waals surface area contributed by atoms with Crippen LogP contribution in [0.25, 0.3) is 6.08 Å². The summed E-state index contributed by atoms with van der Waals surface area (Å²) in [6, 6.07) is 10.2. The Morgan fingerprint density at radius 1 is 1.17 bits per heavy atom. The fourth-order valence-corrected chi connectivity index (χ4v) is 2.94. The normalized spacial score (nSPS) is 16.1. The molecule has 9 heteroatoms. The highest BCUT2D eigenvalue weighted by molar-refractivity contribution is 14.0. The molecular weight excluding hydrogens is 496 g/mol. The van der Waals surface area contributed by atoms with E-state index in [1.807, 2.05) is 18.2 Å². The van der Waals surface area contributed by atoms with Crippen LogP contribution < -0.4 is 5.32 Å². The van der Waals surface area contributed by atoms with Gasteiger partial charge in [-0.1, -0.05) is 42.5 Å². The van der Waals surface area contributed by atoms with Gasteiger partial charge in [-0.25, -0.2) is 0 Å². The molecule has 0 bridgehead atoms. The number of hydrogen-bond acceptors (Lipinski definition) is 3. The van der Waals surface area contributed by atoms with Crippen LogP contribution in [-0.4, -0.2) is 81.5 Å². The van der Waals surface area contributed by atoms with Gasteiger partial charge < -0.3 is 15.0 Å². The van der Waals surface area contributed by atoms with E-state index in [9.17, 15) is 13.2 Å². The van der Waals surface area contributed by atoms with Crippen LogP contribution in [0.1, 0.15) is 12.0 Å². The molecule has 1 heterocycles. The van der Waals surface area contributed by atoms with E-state index in [-0.39, 0.29) is 30.6 Å². The number of rotatable bonds is 8. The molecule has 5 nitrogen and oxygen atoms in total. The third-order valence-corrected chi connectivity index (χ3v) is 4.37. The molecule has 0 aromatic heterocycles. The Kier molecular flexibility index (Phi) is 12.2. The van der Waals surface area contributed by atoms with Gasteiger partial charge in [-0.3, -0.25) is 9.89 Å². The molecule has 1 N–H and O–H groups in total. The molecule has 1 aliphatic rings. The molecule has 0 atom stereocenters. The first-order valence-corrected chi connectivity index (χ1v) is 9.52. The molecule has 1 fully saturated rings. The van der Waals surface area contributed by atoms with Gasteiger partial charge in [-0.15, -0.1) is 24.0 Å². The fraction of sp³-hybridized carbons (Fsp3) is 0.550. The van der Waals surface area contributed by atoms with E-state index in [1.54, 1.807) is 7.05 Å². The maximum atomic E-state index is 12.0. The van der Waals surface area contributed by atoms with Gasteiger partial charge in [0.05, 0.1) is 0 Å². The highest BCUT2D eigenvalue weighted by atomic mass is 127. The van der Waals surface area contributed by atoms with Crippen molar-refractivity contribution >= 4 is 36.0 Å². The van der Waals surface area contributed by atoms with Crippen LogP contribution in [0.15, 0.2) is 41.4 Å². The van der Waals surface area contributed by atoms with Gasteiger partial charge in [0.1, 0.15) is 6.61 Å². The lowest BCUT2D eigenvalue weighted by atomic mass is 10.2. The van der Waals surface area contributed by atoms with Gasteiger partial charge in [0.25, 0.3) is 0 Å². The number of piperazine rings is 1. The molecule has 0 spiro atoms. The zero-order valence-corrected chi connectivity index (χ0v) is 19.0. The van der Waals surface area contributed by atoms with E-state index in [0.717, 1.165) is 38.7 Å². The van der Waals surface area contributed by atoms with E-state index in [1.165, 1.54) is 5.56 Å². The van der Waals surface area contributed by atoms with Crippen molar-refractivity contribution in [2.45, 2.75) is 12.6 Å². The lowest BCUT2D eigenvalue weighted by Gasteiger charge is -2.36. The smallest absolute Gasteiger partial charge is 0.372 e. The quantitative estimate of drug-likeness (QED) is 0.244. The van der Waals surface area contributed by atoms with Crippen molar-refractivity contribution < 1.29 is 17.9 Å². The third kappa shape index (κ3) is 10.9. The Balaban J connectivity index is 0.00000420. The second-order valence-electron chi connectivity index (χ2n) is 6.60. The van der Waals surface area contributed by atoms with Crippen LogP contribution in [0.5, 0.6) is 0 Å². The predicted molar refractivity (Wildman–Crippen MR) is 122 cm³/mol. The first kappa shape index (κ1) is 25.7. The monoisotopic (exact) mass is 526 g/mol. The number of nitrogens with one attached hydrogen (secondary N) is 1. The minimum Gasteiger partial charge on any atom is -0.372 e. The first-order valence-electron chi connectivity index (χ1n) is 9.52. The molecule has 1 saturated heterocycles. The number of aliphatic imine (C=N–C) groups is 1. The number of guanidine groups is 1. The lowest BCUT2D eigenvalue weighted by Crippen LogP contribution is -2.52. The average molecular weight is 526 g/mol. The van der Waals surface area contributed by atoms with E-state index < -0.39 is 12.8 Å². The van der Waals surface area contributed by atoms with Crippen molar-refractivity contribution in [2.24, 2.45) is 4.99 Å². The SMILES string of the molecule is CN=C(NCCCOCC(F)(F)F)N1CCN(C/C=C/c2ccccc2)CC1.I. The van der Waals surface area contributed by atoms with Crippen molar-refractivity contribution in [2.75, 3.05) is 59.5 Å². The molecule has 0 aliphatic carbocycles. The maximum Gasteiger partial charge on any atom is 0.411 e. The number of alkyl halides is 3. The number of nitrogens with zero attached hydrogens (tertiary/aromatic N) is 3. The zero-order chi connectivity index (χ0) is 20.2. The van der Waals surface area contributed by atoms with Gasteiger partial charge in [0.2, 0.25) is 0 Å². The van der Waals surface area contributed by atoms with Crippen LogP contribution in [0.3, 0.4) is 0 Å². The Morgan fingerprint density at radius 2 is 1.86 bits per heavy atom. The summed E-state index contributed by atoms with van der Waals surface area (Å²) in [6.45, 7) is 3.93. The van der Waals surface area contributed by atoms with E-state index in [2.05, 4.69) is 49.1 Å². The predicted octanol–water partition coefficient (Wildman–Crippen LogP) is 3.48. The summed E-state index contributed by atoms with van der Waals surface area (Å²) in [6.07, 6.45) is 0.547. The average Bonchev–Trinajstić information content (AvgIpc) is 2.68. The van der Waals surface area contributed by atoms with Gasteiger partial charge >= 0.3 is 6.18 Å². The Bertz CT molecular complexity index is 618. The summed E-state index contributed by atoms with van der Waals surface area (Å²) in [5, 5.41) is 3.20. The largest absolute Gasteiger partial charge is 0.411 e. The first-order chi connectivity index (χ1) is 13.5. The topological polar surface area (TPSA) is 40.1 Å². The Labute approximate surface area is 188 Å². The van der Waals surface area contributed by atoms with Crippen LogP contribution in [0, 0.1) is 0 Å². The van der Waals surface area contributed by atoms with Crippen LogP contribution in [0.2, 0.25) is 0 Å². The Morgan fingerprint density at radius 3 is 2.48 bits per heavy atom. The van der Waals surface area contributed by atoms with Crippen molar-refractivity contribution in [3.05, 3.63) is 42.0 Å². The minimum atomic E-state index is -4.26. The fourth-order valence-electron chi connectivity index (χ4n) is 2.94. The summed E-state index contributed by atoms with van der Waals surface area (Å²) in [5.74, 6) is 0.787. The molecule has 1 aromatic carbocycles. The maximum absolute atomic E-state index is 12.0. The van der Waals surface area contributed by atoms with E-state index in [0.29, 0.717) is 13.0 Å². The lowest BCUT2D eigenvalue weighted by molar-refractivity contribution is -0.173. The number of benzene rings is 1. The van der Waals surface area contributed by atoms with Gasteiger partial charge in [0.15, 0.2) is 5.96 Å². The van der Waals surface area contributed by atoms with Gasteiger partial charge in [0, 0.05) is 52.9 Å². The summed E-state index contributed by atoms with van der Waals surface area (Å²) >= 11 is 0. The van der Waals surface area contributed by atoms with Gasteiger partial charge in [-0.2, -0.15) is 13.2 Å². The zero-order valence-electron chi connectivity index (χ0n) is 16.7. The number of hydrogen-bond donors (Lipinski definition) is 1. The highest BCUT2D eigenvalue weighted by Crippen LogP contribution is 2.14.